The molecule has 0 aliphatic carbocycles. The third-order valence-electron chi connectivity index (χ3n) is 14.7. The lowest BCUT2D eigenvalue weighted by molar-refractivity contribution is -0.167. The van der Waals surface area contributed by atoms with Crippen molar-refractivity contribution in [2.75, 3.05) is 13.2 Å². The fourth-order valence-corrected chi connectivity index (χ4v) is 9.59. The first-order valence-corrected chi connectivity index (χ1v) is 34.4. The van der Waals surface area contributed by atoms with Crippen molar-refractivity contribution in [1.29, 1.82) is 0 Å². The Morgan fingerprint density at radius 1 is 0.259 bits per heavy atom. The Hall–Kier alpha value is -3.93. The Balaban J connectivity index is 4.28. The van der Waals surface area contributed by atoms with E-state index in [4.69, 9.17) is 14.2 Å². The van der Waals surface area contributed by atoms with Gasteiger partial charge in [0.15, 0.2) is 6.10 Å². The van der Waals surface area contributed by atoms with Crippen molar-refractivity contribution in [3.05, 3.63) is 109 Å². The highest BCUT2D eigenvalue weighted by Gasteiger charge is 2.19. The number of carbonyl (C=O) groups excluding carboxylic acids is 3. The molecule has 0 radical (unpaired) electrons. The number of esters is 3. The molecule has 0 fully saturated rings. The summed E-state index contributed by atoms with van der Waals surface area (Å²) in [6, 6.07) is 0. The minimum atomic E-state index is -0.788. The normalized spacial score (nSPS) is 12.8. The highest BCUT2D eigenvalue weighted by molar-refractivity contribution is 5.71. The summed E-state index contributed by atoms with van der Waals surface area (Å²) in [6.45, 7) is 6.51. The highest BCUT2D eigenvalue weighted by Crippen LogP contribution is 2.16. The van der Waals surface area contributed by atoms with Crippen LogP contribution in [0.5, 0.6) is 0 Å². The van der Waals surface area contributed by atoms with Crippen molar-refractivity contribution in [3.63, 3.8) is 0 Å². The number of hydrogen-bond acceptors (Lipinski definition) is 6. The summed E-state index contributed by atoms with van der Waals surface area (Å²) in [5.41, 5.74) is 0. The Bertz CT molecular complexity index is 1620. The number of rotatable bonds is 62. The molecule has 0 rings (SSSR count). The maximum atomic E-state index is 12.9. The zero-order valence-corrected chi connectivity index (χ0v) is 53.3. The van der Waals surface area contributed by atoms with Gasteiger partial charge in [-0.1, -0.05) is 291 Å². The summed E-state index contributed by atoms with van der Waals surface area (Å²) in [5.74, 6) is -0.890. The van der Waals surface area contributed by atoms with Gasteiger partial charge < -0.3 is 14.2 Å². The Morgan fingerprint density at radius 2 is 0.481 bits per heavy atom. The molecule has 1 unspecified atom stereocenters. The van der Waals surface area contributed by atoms with E-state index in [-0.39, 0.29) is 31.1 Å². The molecule has 0 bridgehead atoms. The van der Waals surface area contributed by atoms with Gasteiger partial charge in [-0.2, -0.15) is 0 Å². The van der Waals surface area contributed by atoms with Crippen molar-refractivity contribution in [2.45, 2.75) is 335 Å². The smallest absolute Gasteiger partial charge is 0.306 e. The van der Waals surface area contributed by atoms with Crippen molar-refractivity contribution < 1.29 is 28.6 Å². The summed E-state index contributed by atoms with van der Waals surface area (Å²) < 4.78 is 17.0. The second kappa shape index (κ2) is 68.6. The van der Waals surface area contributed by atoms with Gasteiger partial charge in [0.1, 0.15) is 13.2 Å². The summed E-state index contributed by atoms with van der Waals surface area (Å²) in [5, 5.41) is 0. The lowest BCUT2D eigenvalue weighted by Gasteiger charge is -2.18. The monoisotopic (exact) mass is 1120 g/mol. The average Bonchev–Trinajstić information content (AvgIpc) is 3.47. The first-order chi connectivity index (χ1) is 40.0. The first-order valence-electron chi connectivity index (χ1n) is 34.4. The van der Waals surface area contributed by atoms with E-state index in [9.17, 15) is 14.4 Å². The molecule has 0 saturated carbocycles. The van der Waals surface area contributed by atoms with Gasteiger partial charge in [-0.05, 0) is 128 Å². The van der Waals surface area contributed by atoms with E-state index in [1.807, 2.05) is 0 Å². The van der Waals surface area contributed by atoms with Gasteiger partial charge >= 0.3 is 17.9 Å². The van der Waals surface area contributed by atoms with E-state index >= 15 is 0 Å². The third kappa shape index (κ3) is 66.8. The average molecular weight is 1130 g/mol. The van der Waals surface area contributed by atoms with E-state index in [0.717, 1.165) is 116 Å². The van der Waals surface area contributed by atoms with Crippen LogP contribution >= 0.6 is 0 Å². The van der Waals surface area contributed by atoms with Gasteiger partial charge in [-0.15, -0.1) is 0 Å². The molecule has 0 saturated heterocycles. The maximum Gasteiger partial charge on any atom is 0.306 e. The second-order valence-electron chi connectivity index (χ2n) is 22.7. The van der Waals surface area contributed by atoms with Crippen LogP contribution < -0.4 is 0 Å². The number of ether oxygens (including phenoxy) is 3. The molecule has 6 nitrogen and oxygen atoms in total. The van der Waals surface area contributed by atoms with Crippen LogP contribution in [0.25, 0.3) is 0 Å². The standard InChI is InChI=1S/C75H128O6/c1-4-7-10-13-16-19-22-25-28-30-32-33-34-35-36-37-38-39-40-41-42-43-44-46-47-50-53-56-59-62-65-68-74(77)80-71-72(70-79-73(76)67-64-61-58-55-52-49-27-24-21-18-15-12-9-6-3)81-75(78)69-66-63-60-57-54-51-48-45-31-29-26-23-20-17-14-11-8-5-2/h7,10,16,19-20,23-25,27-29,31-33,35-36,38-39,72H,4-6,8-9,11-15,17-18,21-22,26,30,34,37,40-71H2,1-3H3/b10-7-,19-16-,23-20-,27-24-,28-25-,31-29-,33-32-,36-35-,39-38-. The molecule has 0 aromatic carbocycles. The fraction of sp³-hybridized carbons (Fsp3) is 0.720. The molecule has 0 aliphatic heterocycles. The van der Waals surface area contributed by atoms with Gasteiger partial charge in [0.05, 0.1) is 0 Å². The SMILES string of the molecule is CC/C=C\C/C=C\C/C=C\C/C=C\C/C=C\C/C=C\CCCCCCCCCCCCCCC(=O)OCC(COC(=O)CCCCCCC/C=C\CCCCCCC)OC(=O)CCCCCCCCC/C=C\C/C=C\CCCCCC. The number of carbonyl (C=O) groups is 3. The predicted octanol–water partition coefficient (Wildman–Crippen LogP) is 23.8. The van der Waals surface area contributed by atoms with E-state index < -0.39 is 6.10 Å². The molecule has 0 heterocycles. The quantitative estimate of drug-likeness (QED) is 0.0261. The summed E-state index contributed by atoms with van der Waals surface area (Å²) in [4.78, 5) is 38.4. The van der Waals surface area contributed by atoms with Crippen molar-refractivity contribution >= 4 is 17.9 Å². The molecular formula is C75H128O6. The molecule has 0 amide bonds. The maximum absolute atomic E-state index is 12.9. The molecule has 0 aliphatic rings. The fourth-order valence-electron chi connectivity index (χ4n) is 9.59. The summed E-state index contributed by atoms with van der Waals surface area (Å²) in [7, 11) is 0. The van der Waals surface area contributed by atoms with Crippen LogP contribution in [0.3, 0.4) is 0 Å². The van der Waals surface area contributed by atoms with Gasteiger partial charge in [-0.3, -0.25) is 14.4 Å². The van der Waals surface area contributed by atoms with Crippen LogP contribution in [0.15, 0.2) is 109 Å². The minimum absolute atomic E-state index is 0.0837. The molecular weight excluding hydrogens is 997 g/mol. The number of unbranched alkanes of at least 4 members (excludes halogenated alkanes) is 33. The number of allylic oxidation sites excluding steroid dienone is 18. The summed E-state index contributed by atoms with van der Waals surface area (Å²) >= 11 is 0. The van der Waals surface area contributed by atoms with Crippen LogP contribution in [0.2, 0.25) is 0 Å². The van der Waals surface area contributed by atoms with Gasteiger partial charge in [0.25, 0.3) is 0 Å². The van der Waals surface area contributed by atoms with E-state index in [1.54, 1.807) is 0 Å². The van der Waals surface area contributed by atoms with E-state index in [0.29, 0.717) is 19.3 Å². The topological polar surface area (TPSA) is 78.9 Å². The van der Waals surface area contributed by atoms with Gasteiger partial charge in [0, 0.05) is 19.3 Å². The lowest BCUT2D eigenvalue weighted by atomic mass is 10.0. The van der Waals surface area contributed by atoms with Crippen LogP contribution in [-0.4, -0.2) is 37.2 Å². The van der Waals surface area contributed by atoms with Crippen LogP contribution in [-0.2, 0) is 28.6 Å². The van der Waals surface area contributed by atoms with Crippen LogP contribution in [0.1, 0.15) is 329 Å². The molecule has 81 heavy (non-hydrogen) atoms. The van der Waals surface area contributed by atoms with Crippen molar-refractivity contribution in [1.82, 2.24) is 0 Å². The molecule has 0 spiro atoms. The van der Waals surface area contributed by atoms with Crippen molar-refractivity contribution in [3.8, 4) is 0 Å². The zero-order valence-electron chi connectivity index (χ0n) is 53.3. The predicted molar refractivity (Wildman–Crippen MR) is 353 cm³/mol. The van der Waals surface area contributed by atoms with E-state index in [1.165, 1.54) is 173 Å². The first kappa shape index (κ1) is 77.1. The minimum Gasteiger partial charge on any atom is -0.462 e. The molecule has 0 aromatic rings. The van der Waals surface area contributed by atoms with E-state index in [2.05, 4.69) is 130 Å². The van der Waals surface area contributed by atoms with Gasteiger partial charge in [0.2, 0.25) is 0 Å². The second-order valence-corrected chi connectivity index (χ2v) is 22.7. The zero-order chi connectivity index (χ0) is 58.5. The van der Waals surface area contributed by atoms with Crippen LogP contribution in [0.4, 0.5) is 0 Å². The van der Waals surface area contributed by atoms with Crippen molar-refractivity contribution in [2.24, 2.45) is 0 Å². The van der Waals surface area contributed by atoms with Crippen LogP contribution in [0, 0.1) is 0 Å². The lowest BCUT2D eigenvalue weighted by Crippen LogP contribution is -2.30. The summed E-state index contributed by atoms with van der Waals surface area (Å²) in [6.07, 6.45) is 93.9. The Morgan fingerprint density at radius 3 is 0.778 bits per heavy atom. The third-order valence-corrected chi connectivity index (χ3v) is 14.7. The largest absolute Gasteiger partial charge is 0.462 e. The molecule has 464 valence electrons. The van der Waals surface area contributed by atoms with Gasteiger partial charge in [-0.25, -0.2) is 0 Å². The molecule has 0 N–H and O–H groups in total. The molecule has 6 heteroatoms. The highest BCUT2D eigenvalue weighted by atomic mass is 16.6. The Kier molecular flexibility index (Phi) is 65.2. The Labute approximate surface area is 501 Å². The molecule has 0 aromatic heterocycles. The molecule has 1 atom stereocenters. The number of hydrogen-bond donors (Lipinski definition) is 0.